The molecule has 0 aromatic heterocycles. The summed E-state index contributed by atoms with van der Waals surface area (Å²) in [5.41, 5.74) is 2.08. The Bertz CT molecular complexity index is 1180. The van der Waals surface area contributed by atoms with Crippen LogP contribution in [-0.2, 0) is 26.2 Å². The lowest BCUT2D eigenvalue weighted by atomic mass is 9.95. The Hall–Kier alpha value is -2.94. The van der Waals surface area contributed by atoms with Gasteiger partial charge in [0.05, 0.1) is 11.9 Å². The first-order valence-electron chi connectivity index (χ1n) is 13.4. The van der Waals surface area contributed by atoms with Gasteiger partial charge >= 0.3 is 0 Å². The summed E-state index contributed by atoms with van der Waals surface area (Å²) in [6.07, 6.45) is 6.49. The van der Waals surface area contributed by atoms with Crippen LogP contribution in [-0.4, -0.2) is 50.0 Å². The molecule has 0 radical (unpaired) electrons. The molecule has 0 heterocycles. The number of anilines is 1. The topological polar surface area (TPSA) is 86.8 Å². The van der Waals surface area contributed by atoms with Crippen molar-refractivity contribution in [1.29, 1.82) is 0 Å². The van der Waals surface area contributed by atoms with Crippen LogP contribution < -0.4 is 9.62 Å². The Morgan fingerprint density at radius 3 is 2.13 bits per heavy atom. The molecule has 2 aromatic carbocycles. The van der Waals surface area contributed by atoms with E-state index >= 15 is 0 Å². The van der Waals surface area contributed by atoms with Crippen molar-refractivity contribution in [3.05, 3.63) is 65.5 Å². The Labute approximate surface area is 226 Å². The predicted molar refractivity (Wildman–Crippen MR) is 149 cm³/mol. The van der Waals surface area contributed by atoms with Gasteiger partial charge in [0.1, 0.15) is 18.4 Å². The van der Waals surface area contributed by atoms with E-state index in [4.69, 9.17) is 0 Å². The second kappa shape index (κ2) is 13.2. The van der Waals surface area contributed by atoms with Crippen LogP contribution in [0.15, 0.2) is 48.5 Å². The Balaban J connectivity index is 1.90. The van der Waals surface area contributed by atoms with Gasteiger partial charge in [0.15, 0.2) is 0 Å². The normalized spacial score (nSPS) is 15.2. The van der Waals surface area contributed by atoms with Crippen LogP contribution in [0, 0.1) is 5.82 Å². The largest absolute Gasteiger partial charge is 0.352 e. The molecule has 0 spiro atoms. The highest BCUT2D eigenvalue weighted by Gasteiger charge is 2.32. The van der Waals surface area contributed by atoms with Gasteiger partial charge in [0.25, 0.3) is 0 Å². The molecule has 1 atom stereocenters. The number of nitrogens with one attached hydrogen (secondary N) is 1. The van der Waals surface area contributed by atoms with Crippen molar-refractivity contribution < 1.29 is 22.4 Å². The number of carbonyl (C=O) groups is 2. The van der Waals surface area contributed by atoms with E-state index in [1.807, 2.05) is 32.9 Å². The summed E-state index contributed by atoms with van der Waals surface area (Å²) in [4.78, 5) is 28.6. The van der Waals surface area contributed by atoms with Crippen molar-refractivity contribution in [3.8, 4) is 0 Å². The molecular weight excluding hydrogens is 505 g/mol. The fourth-order valence-electron chi connectivity index (χ4n) is 4.89. The third-order valence-electron chi connectivity index (χ3n) is 7.13. The molecule has 0 bridgehead atoms. The monoisotopic (exact) mass is 545 g/mol. The molecule has 2 amide bonds. The summed E-state index contributed by atoms with van der Waals surface area (Å²) in [5, 5.41) is 3.11. The average Bonchev–Trinajstić information content (AvgIpc) is 2.88. The van der Waals surface area contributed by atoms with Crippen LogP contribution in [0.2, 0.25) is 0 Å². The maximum absolute atomic E-state index is 13.8. The minimum atomic E-state index is -3.80. The Morgan fingerprint density at radius 1 is 1.00 bits per heavy atom. The van der Waals surface area contributed by atoms with Crippen LogP contribution in [0.25, 0.3) is 0 Å². The van der Waals surface area contributed by atoms with E-state index in [1.54, 1.807) is 24.3 Å². The summed E-state index contributed by atoms with van der Waals surface area (Å²) in [5.74, 6) is -0.876. The third-order valence-corrected chi connectivity index (χ3v) is 8.27. The highest BCUT2D eigenvalue weighted by atomic mass is 32.2. The lowest BCUT2D eigenvalue weighted by Gasteiger charge is -2.34. The zero-order valence-electron chi connectivity index (χ0n) is 22.8. The molecule has 1 aliphatic carbocycles. The lowest BCUT2D eigenvalue weighted by Crippen LogP contribution is -2.53. The quantitative estimate of drug-likeness (QED) is 0.432. The lowest BCUT2D eigenvalue weighted by molar-refractivity contribution is -0.140. The van der Waals surface area contributed by atoms with Gasteiger partial charge in [0.2, 0.25) is 21.8 Å². The summed E-state index contributed by atoms with van der Waals surface area (Å²) < 4.78 is 40.2. The smallest absolute Gasteiger partial charge is 0.244 e. The van der Waals surface area contributed by atoms with Gasteiger partial charge in [0, 0.05) is 12.6 Å². The zero-order chi connectivity index (χ0) is 27.9. The summed E-state index contributed by atoms with van der Waals surface area (Å²) in [7, 11) is -3.80. The summed E-state index contributed by atoms with van der Waals surface area (Å²) >= 11 is 0. The molecular formula is C29H40FN3O4S. The molecule has 9 heteroatoms. The Kier molecular flexibility index (Phi) is 10.3. The predicted octanol–water partition coefficient (Wildman–Crippen LogP) is 4.97. The molecule has 0 unspecified atom stereocenters. The van der Waals surface area contributed by atoms with Crippen LogP contribution in [0.5, 0.6) is 0 Å². The van der Waals surface area contributed by atoms with Crippen molar-refractivity contribution in [3.63, 3.8) is 0 Å². The number of rotatable bonds is 11. The average molecular weight is 546 g/mol. The van der Waals surface area contributed by atoms with E-state index in [-0.39, 0.29) is 24.4 Å². The molecule has 2 aromatic rings. The minimum Gasteiger partial charge on any atom is -0.352 e. The van der Waals surface area contributed by atoms with E-state index in [0.29, 0.717) is 17.7 Å². The molecule has 38 heavy (non-hydrogen) atoms. The highest BCUT2D eigenvalue weighted by molar-refractivity contribution is 7.92. The molecule has 1 aliphatic rings. The standard InChI is InChI=1S/C29H40FN3O4S/c1-5-27(29(35)31-25-9-7-6-8-10-25)32(19-22-11-15-24(30)16-12-22)28(34)20-33(38(4,36)37)26-17-13-23(14-18-26)21(2)3/h11-18,21,25,27H,5-10,19-20H2,1-4H3,(H,31,35)/t27-/m0/s1. The number of sulfonamides is 1. The van der Waals surface area contributed by atoms with Gasteiger partial charge in [-0.15, -0.1) is 0 Å². The first-order chi connectivity index (χ1) is 18.0. The minimum absolute atomic E-state index is 0.0552. The number of carbonyl (C=O) groups excluding carboxylic acids is 2. The van der Waals surface area contributed by atoms with Crippen LogP contribution in [0.4, 0.5) is 10.1 Å². The molecule has 1 N–H and O–H groups in total. The van der Waals surface area contributed by atoms with Crippen LogP contribution in [0.3, 0.4) is 0 Å². The third kappa shape index (κ3) is 8.03. The molecule has 1 fully saturated rings. The van der Waals surface area contributed by atoms with Gasteiger partial charge in [-0.1, -0.05) is 64.3 Å². The maximum Gasteiger partial charge on any atom is 0.244 e. The van der Waals surface area contributed by atoms with Gasteiger partial charge in [-0.2, -0.15) is 0 Å². The first-order valence-corrected chi connectivity index (χ1v) is 15.3. The fourth-order valence-corrected chi connectivity index (χ4v) is 5.74. The zero-order valence-corrected chi connectivity index (χ0v) is 23.6. The highest BCUT2D eigenvalue weighted by Crippen LogP contribution is 2.24. The number of halogens is 1. The van der Waals surface area contributed by atoms with E-state index in [1.165, 1.54) is 17.0 Å². The van der Waals surface area contributed by atoms with Gasteiger partial charge < -0.3 is 10.2 Å². The number of hydrogen-bond acceptors (Lipinski definition) is 4. The summed E-state index contributed by atoms with van der Waals surface area (Å²) in [6.45, 7) is 5.52. The van der Waals surface area contributed by atoms with Crippen LogP contribution >= 0.6 is 0 Å². The number of benzene rings is 2. The number of hydrogen-bond donors (Lipinski definition) is 1. The van der Waals surface area contributed by atoms with Gasteiger partial charge in [-0.05, 0) is 60.6 Å². The van der Waals surface area contributed by atoms with E-state index < -0.39 is 34.3 Å². The van der Waals surface area contributed by atoms with Gasteiger partial charge in [-0.3, -0.25) is 13.9 Å². The molecule has 0 saturated heterocycles. The Morgan fingerprint density at radius 2 is 1.61 bits per heavy atom. The molecule has 3 rings (SSSR count). The van der Waals surface area contributed by atoms with Crippen molar-refractivity contribution >= 4 is 27.5 Å². The van der Waals surface area contributed by atoms with E-state index in [9.17, 15) is 22.4 Å². The fraction of sp³-hybridized carbons (Fsp3) is 0.517. The molecule has 208 valence electrons. The van der Waals surface area contributed by atoms with Gasteiger partial charge in [-0.25, -0.2) is 12.8 Å². The second-order valence-corrected chi connectivity index (χ2v) is 12.3. The van der Waals surface area contributed by atoms with Crippen molar-refractivity contribution in [2.45, 2.75) is 83.8 Å². The first kappa shape index (κ1) is 29.6. The van der Waals surface area contributed by atoms with E-state index in [2.05, 4.69) is 5.32 Å². The van der Waals surface area contributed by atoms with E-state index in [0.717, 1.165) is 48.2 Å². The molecule has 0 aliphatic heterocycles. The van der Waals surface area contributed by atoms with Crippen molar-refractivity contribution in [2.24, 2.45) is 0 Å². The van der Waals surface area contributed by atoms with Crippen molar-refractivity contribution in [1.82, 2.24) is 10.2 Å². The number of nitrogens with zero attached hydrogens (tertiary/aromatic N) is 2. The van der Waals surface area contributed by atoms with Crippen LogP contribution in [0.1, 0.15) is 76.3 Å². The summed E-state index contributed by atoms with van der Waals surface area (Å²) in [6, 6.07) is 12.1. The van der Waals surface area contributed by atoms with Crippen molar-refractivity contribution in [2.75, 3.05) is 17.1 Å². The maximum atomic E-state index is 13.8. The molecule has 1 saturated carbocycles. The second-order valence-electron chi connectivity index (χ2n) is 10.4. The number of amides is 2. The molecule has 7 nitrogen and oxygen atoms in total. The SMILES string of the molecule is CC[C@@H](C(=O)NC1CCCCC1)N(Cc1ccc(F)cc1)C(=O)CN(c1ccc(C(C)C)cc1)S(C)(=O)=O.